The zero-order valence-corrected chi connectivity index (χ0v) is 11.2. The summed E-state index contributed by atoms with van der Waals surface area (Å²) in [7, 11) is 0. The van der Waals surface area contributed by atoms with Crippen molar-refractivity contribution in [2.24, 2.45) is 5.92 Å². The Morgan fingerprint density at radius 3 is 2.76 bits per heavy atom. The van der Waals surface area contributed by atoms with E-state index in [0.717, 1.165) is 18.6 Å². The van der Waals surface area contributed by atoms with Crippen LogP contribution >= 0.6 is 0 Å². The van der Waals surface area contributed by atoms with Gasteiger partial charge in [0.15, 0.2) is 0 Å². The van der Waals surface area contributed by atoms with Crippen LogP contribution in [-0.4, -0.2) is 11.6 Å². The SMILES string of the molecule is CCCCC(CC)COc1ncc(C)cc1N. The highest BCUT2D eigenvalue weighted by molar-refractivity contribution is 5.49. The number of nitrogen functional groups attached to an aromatic ring is 1. The molecule has 0 aliphatic carbocycles. The van der Waals surface area contributed by atoms with Gasteiger partial charge in [-0.3, -0.25) is 0 Å². The molecule has 17 heavy (non-hydrogen) atoms. The molecule has 1 atom stereocenters. The predicted octanol–water partition coefficient (Wildman–Crippen LogP) is 3.57. The lowest BCUT2D eigenvalue weighted by Gasteiger charge is -2.15. The van der Waals surface area contributed by atoms with E-state index in [1.165, 1.54) is 19.3 Å². The fourth-order valence-corrected chi connectivity index (χ4v) is 1.79. The normalized spacial score (nSPS) is 12.4. The number of rotatable bonds is 7. The van der Waals surface area contributed by atoms with Crippen LogP contribution in [0, 0.1) is 12.8 Å². The Balaban J connectivity index is 2.47. The second-order valence-corrected chi connectivity index (χ2v) is 4.63. The van der Waals surface area contributed by atoms with E-state index in [9.17, 15) is 0 Å². The van der Waals surface area contributed by atoms with Gasteiger partial charge in [-0.1, -0.05) is 33.1 Å². The number of ether oxygens (including phenoxy) is 1. The van der Waals surface area contributed by atoms with Crippen LogP contribution in [-0.2, 0) is 0 Å². The number of aromatic nitrogens is 1. The quantitative estimate of drug-likeness (QED) is 0.787. The number of aryl methyl sites for hydroxylation is 1. The molecule has 0 amide bonds. The van der Waals surface area contributed by atoms with Crippen molar-refractivity contribution in [2.45, 2.75) is 46.5 Å². The van der Waals surface area contributed by atoms with E-state index in [0.29, 0.717) is 17.5 Å². The minimum absolute atomic E-state index is 0.575. The van der Waals surface area contributed by atoms with Gasteiger partial charge < -0.3 is 10.5 Å². The van der Waals surface area contributed by atoms with Crippen molar-refractivity contribution in [3.63, 3.8) is 0 Å². The molecule has 0 radical (unpaired) electrons. The number of hydrogen-bond acceptors (Lipinski definition) is 3. The molecule has 3 heteroatoms. The van der Waals surface area contributed by atoms with Crippen molar-refractivity contribution < 1.29 is 4.74 Å². The maximum absolute atomic E-state index is 5.86. The molecule has 0 saturated heterocycles. The molecule has 0 bridgehead atoms. The second-order valence-electron chi connectivity index (χ2n) is 4.63. The van der Waals surface area contributed by atoms with Crippen molar-refractivity contribution >= 4 is 5.69 Å². The van der Waals surface area contributed by atoms with Gasteiger partial charge in [0.1, 0.15) is 0 Å². The summed E-state index contributed by atoms with van der Waals surface area (Å²) in [5.41, 5.74) is 7.56. The molecule has 0 spiro atoms. The summed E-state index contributed by atoms with van der Waals surface area (Å²) < 4.78 is 5.71. The molecule has 0 aliphatic heterocycles. The number of nitrogens with zero attached hydrogens (tertiary/aromatic N) is 1. The third-order valence-electron chi connectivity index (χ3n) is 3.01. The van der Waals surface area contributed by atoms with Gasteiger partial charge in [-0.25, -0.2) is 4.98 Å². The predicted molar refractivity (Wildman–Crippen MR) is 72.2 cm³/mol. The second kappa shape index (κ2) is 7.15. The lowest BCUT2D eigenvalue weighted by Crippen LogP contribution is -2.12. The molecule has 3 nitrogen and oxygen atoms in total. The molecular formula is C14H24N2O. The lowest BCUT2D eigenvalue weighted by atomic mass is 10.0. The topological polar surface area (TPSA) is 48.1 Å². The molecule has 2 N–H and O–H groups in total. The summed E-state index contributed by atoms with van der Waals surface area (Å²) >= 11 is 0. The first-order valence-corrected chi connectivity index (χ1v) is 6.52. The van der Waals surface area contributed by atoms with Crippen LogP contribution in [0.2, 0.25) is 0 Å². The third kappa shape index (κ3) is 4.63. The summed E-state index contributed by atoms with van der Waals surface area (Å²) in [6.07, 6.45) is 6.66. The molecule has 1 aromatic rings. The summed E-state index contributed by atoms with van der Waals surface area (Å²) in [6, 6.07) is 1.90. The molecule has 96 valence electrons. The van der Waals surface area contributed by atoms with E-state index in [-0.39, 0.29) is 0 Å². The van der Waals surface area contributed by atoms with Gasteiger partial charge in [-0.15, -0.1) is 0 Å². The van der Waals surface area contributed by atoms with Crippen LogP contribution < -0.4 is 10.5 Å². The summed E-state index contributed by atoms with van der Waals surface area (Å²) in [5.74, 6) is 1.18. The van der Waals surface area contributed by atoms with Crippen LogP contribution in [0.25, 0.3) is 0 Å². The maximum atomic E-state index is 5.86. The van der Waals surface area contributed by atoms with E-state index in [4.69, 9.17) is 10.5 Å². The van der Waals surface area contributed by atoms with Crippen LogP contribution in [0.4, 0.5) is 5.69 Å². The van der Waals surface area contributed by atoms with Crippen molar-refractivity contribution in [3.8, 4) is 5.88 Å². The van der Waals surface area contributed by atoms with E-state index in [2.05, 4.69) is 18.8 Å². The first-order chi connectivity index (χ1) is 8.17. The van der Waals surface area contributed by atoms with Gasteiger partial charge in [-0.05, 0) is 30.9 Å². The Kier molecular flexibility index (Phi) is 5.81. The van der Waals surface area contributed by atoms with Gasteiger partial charge in [0.05, 0.1) is 12.3 Å². The minimum atomic E-state index is 0.575. The fourth-order valence-electron chi connectivity index (χ4n) is 1.79. The van der Waals surface area contributed by atoms with Crippen molar-refractivity contribution in [2.75, 3.05) is 12.3 Å². The van der Waals surface area contributed by atoms with E-state index >= 15 is 0 Å². The van der Waals surface area contributed by atoms with Gasteiger partial charge >= 0.3 is 0 Å². The standard InChI is InChI=1S/C14H24N2O/c1-4-6-7-12(5-2)10-17-14-13(15)8-11(3)9-16-14/h8-9,12H,4-7,10,15H2,1-3H3. The lowest BCUT2D eigenvalue weighted by molar-refractivity contribution is 0.227. The highest BCUT2D eigenvalue weighted by Gasteiger charge is 2.09. The number of pyridine rings is 1. The van der Waals surface area contributed by atoms with Gasteiger partial charge in [-0.2, -0.15) is 0 Å². The largest absolute Gasteiger partial charge is 0.476 e. The fraction of sp³-hybridized carbons (Fsp3) is 0.643. The van der Waals surface area contributed by atoms with Gasteiger partial charge in [0.2, 0.25) is 5.88 Å². The van der Waals surface area contributed by atoms with E-state index < -0.39 is 0 Å². The average molecular weight is 236 g/mol. The highest BCUT2D eigenvalue weighted by atomic mass is 16.5. The van der Waals surface area contributed by atoms with Crippen LogP contribution in [0.3, 0.4) is 0 Å². The molecule has 1 unspecified atom stereocenters. The zero-order chi connectivity index (χ0) is 12.7. The molecule has 0 aliphatic rings. The van der Waals surface area contributed by atoms with Crippen LogP contribution in [0.15, 0.2) is 12.3 Å². The van der Waals surface area contributed by atoms with Gasteiger partial charge in [0, 0.05) is 6.20 Å². The van der Waals surface area contributed by atoms with E-state index in [1.54, 1.807) is 6.20 Å². The molecular weight excluding hydrogens is 212 g/mol. The molecule has 0 aromatic carbocycles. The number of nitrogens with two attached hydrogens (primary N) is 1. The molecule has 1 aromatic heterocycles. The van der Waals surface area contributed by atoms with E-state index in [1.807, 2.05) is 13.0 Å². The molecule has 0 fully saturated rings. The van der Waals surface area contributed by atoms with Gasteiger partial charge in [0.25, 0.3) is 0 Å². The molecule has 0 saturated carbocycles. The third-order valence-corrected chi connectivity index (χ3v) is 3.01. The first-order valence-electron chi connectivity index (χ1n) is 6.52. The Morgan fingerprint density at radius 1 is 1.41 bits per heavy atom. The van der Waals surface area contributed by atoms with Crippen molar-refractivity contribution in [1.82, 2.24) is 4.98 Å². The molecule has 1 rings (SSSR count). The zero-order valence-electron chi connectivity index (χ0n) is 11.2. The average Bonchev–Trinajstić information content (AvgIpc) is 2.31. The Bertz CT molecular complexity index is 339. The Morgan fingerprint density at radius 2 is 2.18 bits per heavy atom. The summed E-state index contributed by atoms with van der Waals surface area (Å²) in [4.78, 5) is 4.22. The first kappa shape index (κ1) is 13.8. The number of anilines is 1. The number of hydrogen-bond donors (Lipinski definition) is 1. The molecule has 1 heterocycles. The van der Waals surface area contributed by atoms with Crippen LogP contribution in [0.5, 0.6) is 5.88 Å². The smallest absolute Gasteiger partial charge is 0.237 e. The minimum Gasteiger partial charge on any atom is -0.476 e. The number of unbranched alkanes of at least 4 members (excludes halogenated alkanes) is 1. The maximum Gasteiger partial charge on any atom is 0.237 e. The summed E-state index contributed by atoms with van der Waals surface area (Å²) in [5, 5.41) is 0. The Hall–Kier alpha value is -1.25. The van der Waals surface area contributed by atoms with Crippen molar-refractivity contribution in [3.05, 3.63) is 17.8 Å². The van der Waals surface area contributed by atoms with Crippen LogP contribution in [0.1, 0.15) is 45.1 Å². The highest BCUT2D eigenvalue weighted by Crippen LogP contribution is 2.21. The van der Waals surface area contributed by atoms with Crippen molar-refractivity contribution in [1.29, 1.82) is 0 Å². The Labute approximate surface area is 104 Å². The monoisotopic (exact) mass is 236 g/mol. The summed E-state index contributed by atoms with van der Waals surface area (Å²) in [6.45, 7) is 7.11.